The van der Waals surface area contributed by atoms with E-state index in [9.17, 15) is 0 Å². The first kappa shape index (κ1) is 13.0. The molecular formula is C14H20ClN3O. The molecule has 5 heteroatoms. The van der Waals surface area contributed by atoms with Crippen molar-refractivity contribution in [2.75, 3.05) is 12.4 Å². The first-order valence-electron chi connectivity index (χ1n) is 7.00. The van der Waals surface area contributed by atoms with Crippen LogP contribution in [0.3, 0.4) is 0 Å². The Morgan fingerprint density at radius 1 is 1.37 bits per heavy atom. The minimum absolute atomic E-state index is 0.361. The lowest BCUT2D eigenvalue weighted by Gasteiger charge is -2.29. The normalized spacial score (nSPS) is 30.4. The van der Waals surface area contributed by atoms with E-state index < -0.39 is 0 Å². The third-order valence-corrected chi connectivity index (χ3v) is 5.03. The van der Waals surface area contributed by atoms with Crippen LogP contribution in [0.1, 0.15) is 32.6 Å². The number of aromatic nitrogens is 2. The van der Waals surface area contributed by atoms with Crippen molar-refractivity contribution < 1.29 is 4.74 Å². The van der Waals surface area contributed by atoms with E-state index in [2.05, 4.69) is 22.2 Å². The molecule has 4 unspecified atom stereocenters. The summed E-state index contributed by atoms with van der Waals surface area (Å²) >= 11 is 6.02. The number of rotatable bonds is 4. The maximum absolute atomic E-state index is 6.02. The molecule has 4 nitrogen and oxygen atoms in total. The fourth-order valence-electron chi connectivity index (χ4n) is 3.86. The van der Waals surface area contributed by atoms with Gasteiger partial charge in [-0.25, -0.2) is 9.97 Å². The van der Waals surface area contributed by atoms with E-state index in [-0.39, 0.29) is 0 Å². The molecule has 0 aromatic carbocycles. The number of hydrogen-bond acceptors (Lipinski definition) is 4. The molecule has 1 heterocycles. The lowest BCUT2D eigenvalue weighted by Crippen LogP contribution is -2.30. The molecule has 0 radical (unpaired) electrons. The van der Waals surface area contributed by atoms with Gasteiger partial charge in [0.2, 0.25) is 0 Å². The van der Waals surface area contributed by atoms with Crippen molar-refractivity contribution in [3.05, 3.63) is 11.5 Å². The molecule has 0 saturated heterocycles. The van der Waals surface area contributed by atoms with Crippen molar-refractivity contribution >= 4 is 17.4 Å². The summed E-state index contributed by atoms with van der Waals surface area (Å²) in [4.78, 5) is 8.20. The SMILES string of the molecule is COc1c(Cl)ncnc1NC(C)C1CC2CCC1C2. The van der Waals surface area contributed by atoms with E-state index >= 15 is 0 Å². The zero-order chi connectivity index (χ0) is 13.4. The first-order chi connectivity index (χ1) is 9.19. The van der Waals surface area contributed by atoms with E-state index in [0.717, 1.165) is 17.8 Å². The van der Waals surface area contributed by atoms with Crippen LogP contribution in [0.2, 0.25) is 5.15 Å². The molecule has 0 spiro atoms. The fourth-order valence-corrected chi connectivity index (χ4v) is 4.08. The van der Waals surface area contributed by atoms with Gasteiger partial charge in [0.1, 0.15) is 6.33 Å². The van der Waals surface area contributed by atoms with Crippen LogP contribution in [-0.4, -0.2) is 23.1 Å². The molecule has 1 aromatic heterocycles. The minimum atomic E-state index is 0.361. The van der Waals surface area contributed by atoms with Gasteiger partial charge in [0.25, 0.3) is 0 Å². The highest BCUT2D eigenvalue weighted by atomic mass is 35.5. The number of methoxy groups -OCH3 is 1. The molecule has 2 saturated carbocycles. The van der Waals surface area contributed by atoms with E-state index in [4.69, 9.17) is 16.3 Å². The summed E-state index contributed by atoms with van der Waals surface area (Å²) in [6.45, 7) is 2.24. The third kappa shape index (κ3) is 2.38. The maximum atomic E-state index is 6.02. The predicted octanol–water partition coefficient (Wildman–Crippen LogP) is 3.38. The zero-order valence-electron chi connectivity index (χ0n) is 11.4. The molecule has 1 N–H and O–H groups in total. The second-order valence-corrected chi connectivity index (χ2v) is 6.18. The summed E-state index contributed by atoms with van der Waals surface area (Å²) in [5.74, 6) is 3.83. The van der Waals surface area contributed by atoms with Gasteiger partial charge in [0, 0.05) is 6.04 Å². The van der Waals surface area contributed by atoms with Crippen LogP contribution in [0.25, 0.3) is 0 Å². The van der Waals surface area contributed by atoms with E-state index in [1.807, 2.05) is 0 Å². The molecule has 0 amide bonds. The van der Waals surface area contributed by atoms with Gasteiger partial charge in [-0.2, -0.15) is 0 Å². The Morgan fingerprint density at radius 3 is 2.84 bits per heavy atom. The number of halogens is 1. The summed E-state index contributed by atoms with van der Waals surface area (Å²) in [5.41, 5.74) is 0. The molecule has 19 heavy (non-hydrogen) atoms. The summed E-state index contributed by atoms with van der Waals surface area (Å²) in [5, 5.41) is 3.83. The Hall–Kier alpha value is -1.03. The second-order valence-electron chi connectivity index (χ2n) is 5.82. The van der Waals surface area contributed by atoms with Gasteiger partial charge in [-0.15, -0.1) is 0 Å². The Labute approximate surface area is 118 Å². The molecule has 2 aliphatic rings. The molecule has 2 aliphatic carbocycles. The standard InChI is InChI=1S/C14H20ClN3O/c1-8(11-6-9-3-4-10(11)5-9)18-14-12(19-2)13(15)16-7-17-14/h7-11H,3-6H2,1-2H3,(H,16,17,18). The molecule has 4 atom stereocenters. The number of hydrogen-bond donors (Lipinski definition) is 1. The van der Waals surface area contributed by atoms with Crippen LogP contribution in [0.15, 0.2) is 6.33 Å². The molecular weight excluding hydrogens is 262 g/mol. The van der Waals surface area contributed by atoms with Crippen LogP contribution in [0.5, 0.6) is 5.75 Å². The smallest absolute Gasteiger partial charge is 0.198 e. The minimum Gasteiger partial charge on any atom is -0.490 e. The summed E-state index contributed by atoms with van der Waals surface area (Å²) in [7, 11) is 1.60. The van der Waals surface area contributed by atoms with Gasteiger partial charge in [-0.05, 0) is 43.9 Å². The molecule has 0 aliphatic heterocycles. The number of ether oxygens (including phenoxy) is 1. The predicted molar refractivity (Wildman–Crippen MR) is 75.6 cm³/mol. The van der Waals surface area contributed by atoms with Gasteiger partial charge in [0.05, 0.1) is 7.11 Å². The second kappa shape index (κ2) is 5.16. The van der Waals surface area contributed by atoms with Crippen LogP contribution in [0.4, 0.5) is 5.82 Å². The van der Waals surface area contributed by atoms with Crippen molar-refractivity contribution in [2.45, 2.75) is 38.6 Å². The summed E-state index contributed by atoms with van der Waals surface area (Å²) < 4.78 is 5.28. The van der Waals surface area contributed by atoms with Crippen molar-refractivity contribution in [1.82, 2.24) is 9.97 Å². The maximum Gasteiger partial charge on any atom is 0.198 e. The van der Waals surface area contributed by atoms with Gasteiger partial charge in [-0.3, -0.25) is 0 Å². The topological polar surface area (TPSA) is 47.0 Å². The van der Waals surface area contributed by atoms with E-state index in [1.165, 1.54) is 32.0 Å². The Morgan fingerprint density at radius 2 is 2.21 bits per heavy atom. The first-order valence-corrected chi connectivity index (χ1v) is 7.38. The van der Waals surface area contributed by atoms with Gasteiger partial charge in [0.15, 0.2) is 16.7 Å². The van der Waals surface area contributed by atoms with Gasteiger partial charge >= 0.3 is 0 Å². The largest absolute Gasteiger partial charge is 0.490 e. The van der Waals surface area contributed by atoms with Crippen molar-refractivity contribution in [3.8, 4) is 5.75 Å². The lowest BCUT2D eigenvalue weighted by molar-refractivity contribution is 0.303. The number of anilines is 1. The Kier molecular flexibility index (Phi) is 3.52. The molecule has 2 bridgehead atoms. The fraction of sp³-hybridized carbons (Fsp3) is 0.714. The quantitative estimate of drug-likeness (QED) is 0.860. The lowest BCUT2D eigenvalue weighted by atomic mass is 9.84. The van der Waals surface area contributed by atoms with E-state index in [1.54, 1.807) is 7.11 Å². The average molecular weight is 282 g/mol. The molecule has 3 rings (SSSR count). The van der Waals surface area contributed by atoms with Crippen molar-refractivity contribution in [2.24, 2.45) is 17.8 Å². The monoisotopic (exact) mass is 281 g/mol. The zero-order valence-corrected chi connectivity index (χ0v) is 12.2. The van der Waals surface area contributed by atoms with Gasteiger partial charge < -0.3 is 10.1 Å². The summed E-state index contributed by atoms with van der Waals surface area (Å²) in [6, 6.07) is 0.398. The third-order valence-electron chi connectivity index (χ3n) is 4.76. The van der Waals surface area contributed by atoms with Crippen LogP contribution in [0, 0.1) is 17.8 Å². The number of fused-ring (bicyclic) bond motifs is 2. The number of nitrogens with one attached hydrogen (secondary N) is 1. The van der Waals surface area contributed by atoms with E-state index in [0.29, 0.717) is 22.8 Å². The average Bonchev–Trinajstić information content (AvgIpc) is 3.01. The molecule has 104 valence electrons. The van der Waals surface area contributed by atoms with Crippen LogP contribution >= 0.6 is 11.6 Å². The summed E-state index contributed by atoms with van der Waals surface area (Å²) in [6.07, 6.45) is 7.05. The molecule has 1 aromatic rings. The van der Waals surface area contributed by atoms with Crippen molar-refractivity contribution in [3.63, 3.8) is 0 Å². The van der Waals surface area contributed by atoms with Crippen LogP contribution < -0.4 is 10.1 Å². The van der Waals surface area contributed by atoms with Gasteiger partial charge in [-0.1, -0.05) is 18.0 Å². The highest BCUT2D eigenvalue weighted by Gasteiger charge is 2.42. The highest BCUT2D eigenvalue weighted by Crippen LogP contribution is 2.50. The Bertz CT molecular complexity index is 468. The highest BCUT2D eigenvalue weighted by molar-refractivity contribution is 6.31. The molecule has 2 fully saturated rings. The number of nitrogens with zero attached hydrogens (tertiary/aromatic N) is 2. The Balaban J connectivity index is 1.73. The van der Waals surface area contributed by atoms with Crippen molar-refractivity contribution in [1.29, 1.82) is 0 Å². The van der Waals surface area contributed by atoms with Crippen LogP contribution in [-0.2, 0) is 0 Å².